The van der Waals surface area contributed by atoms with E-state index in [4.69, 9.17) is 4.74 Å². The predicted octanol–water partition coefficient (Wildman–Crippen LogP) is 3.31. The molecule has 1 saturated heterocycles. The summed E-state index contributed by atoms with van der Waals surface area (Å²) in [5.74, 6) is -0.331. The molecule has 18 heavy (non-hydrogen) atoms. The van der Waals surface area contributed by atoms with Crippen molar-refractivity contribution in [3.8, 4) is 0 Å². The number of hydrogen-bond acceptors (Lipinski definition) is 2. The Morgan fingerprint density at radius 2 is 1.44 bits per heavy atom. The van der Waals surface area contributed by atoms with E-state index in [0.29, 0.717) is 26.1 Å². The molecule has 0 bridgehead atoms. The third kappa shape index (κ3) is 3.28. The van der Waals surface area contributed by atoms with E-state index in [1.54, 1.807) is 0 Å². The molecule has 108 valence electrons. The first-order valence-electron chi connectivity index (χ1n) is 5.43. The topological polar surface area (TPSA) is 18.5 Å². The van der Waals surface area contributed by atoms with Crippen LogP contribution in [0, 0.1) is 5.92 Å². The fourth-order valence-corrected chi connectivity index (χ4v) is 1.52. The van der Waals surface area contributed by atoms with Crippen molar-refractivity contribution in [3.63, 3.8) is 0 Å². The Labute approximate surface area is 100 Å². The van der Waals surface area contributed by atoms with Crippen LogP contribution in [0.15, 0.2) is 0 Å². The zero-order valence-corrected chi connectivity index (χ0v) is 9.70. The maximum absolute atomic E-state index is 12.5. The summed E-state index contributed by atoms with van der Waals surface area (Å²) in [5.41, 5.74) is -4.11. The zero-order valence-electron chi connectivity index (χ0n) is 9.70. The predicted molar refractivity (Wildman–Crippen MR) is 50.0 cm³/mol. The van der Waals surface area contributed by atoms with Crippen LogP contribution < -0.4 is 0 Å². The molecular formula is C10H14F6O2. The summed E-state index contributed by atoms with van der Waals surface area (Å²) < 4.78 is 84.1. The first-order valence-corrected chi connectivity index (χ1v) is 5.43. The van der Waals surface area contributed by atoms with E-state index in [9.17, 15) is 26.3 Å². The monoisotopic (exact) mass is 280 g/mol. The number of ether oxygens (including phenoxy) is 2. The van der Waals surface area contributed by atoms with Crippen LogP contribution in [0.1, 0.15) is 19.8 Å². The lowest BCUT2D eigenvalue weighted by Gasteiger charge is -2.35. The Kier molecular flexibility index (Phi) is 4.53. The lowest BCUT2D eigenvalue weighted by molar-refractivity contribution is -0.376. The van der Waals surface area contributed by atoms with Gasteiger partial charge in [0.25, 0.3) is 5.60 Å². The average molecular weight is 280 g/mol. The van der Waals surface area contributed by atoms with Crippen molar-refractivity contribution in [3.05, 3.63) is 0 Å². The largest absolute Gasteiger partial charge is 0.426 e. The summed E-state index contributed by atoms with van der Waals surface area (Å²) in [4.78, 5) is 0. The summed E-state index contributed by atoms with van der Waals surface area (Å²) in [5, 5.41) is 0. The highest BCUT2D eigenvalue weighted by Gasteiger charge is 2.69. The minimum absolute atomic E-state index is 0.0202. The highest BCUT2D eigenvalue weighted by Crippen LogP contribution is 2.45. The van der Waals surface area contributed by atoms with Crippen LogP contribution in [-0.2, 0) is 9.47 Å². The maximum Gasteiger partial charge on any atom is 0.426 e. The van der Waals surface area contributed by atoms with Crippen molar-refractivity contribution >= 4 is 0 Å². The number of rotatable bonds is 3. The van der Waals surface area contributed by atoms with Crippen molar-refractivity contribution in [2.45, 2.75) is 37.7 Å². The van der Waals surface area contributed by atoms with Gasteiger partial charge < -0.3 is 9.47 Å². The van der Waals surface area contributed by atoms with E-state index in [-0.39, 0.29) is 12.8 Å². The Balaban J connectivity index is 2.68. The summed E-state index contributed by atoms with van der Waals surface area (Å²) in [6.07, 6.45) is -10.2. The molecular weight excluding hydrogens is 266 g/mol. The highest BCUT2D eigenvalue weighted by atomic mass is 19.4. The van der Waals surface area contributed by atoms with Crippen molar-refractivity contribution < 1.29 is 35.8 Å². The second-order valence-corrected chi connectivity index (χ2v) is 4.40. The van der Waals surface area contributed by atoms with Crippen molar-refractivity contribution in [1.82, 2.24) is 0 Å². The summed E-state index contributed by atoms with van der Waals surface area (Å²) in [6.45, 7) is 0.122. The molecule has 0 aromatic rings. The van der Waals surface area contributed by atoms with E-state index in [1.165, 1.54) is 0 Å². The van der Waals surface area contributed by atoms with Crippen LogP contribution in [0.3, 0.4) is 0 Å². The molecule has 0 unspecified atom stereocenters. The Morgan fingerprint density at radius 1 is 1.00 bits per heavy atom. The van der Waals surface area contributed by atoms with Crippen molar-refractivity contribution in [1.29, 1.82) is 0 Å². The molecule has 1 aliphatic heterocycles. The minimum atomic E-state index is -5.49. The summed E-state index contributed by atoms with van der Waals surface area (Å²) in [6, 6.07) is 0. The first kappa shape index (κ1) is 15.6. The molecule has 1 heterocycles. The molecule has 0 N–H and O–H groups in total. The standard InChI is InChI=1S/C10H14F6O2/c1-8(9(11,12)13,10(14,15)16)18-6-7-2-4-17-5-3-7/h7H,2-6H2,1H3. The SMILES string of the molecule is CC(OCC1CCOCC1)(C(F)(F)F)C(F)(F)F. The summed E-state index contributed by atoms with van der Waals surface area (Å²) in [7, 11) is 0. The number of alkyl halides is 6. The molecule has 0 amide bonds. The second-order valence-electron chi connectivity index (χ2n) is 4.40. The van der Waals surface area contributed by atoms with Crippen LogP contribution in [-0.4, -0.2) is 37.8 Å². The van der Waals surface area contributed by atoms with Gasteiger partial charge in [0, 0.05) is 13.2 Å². The zero-order chi connectivity index (χ0) is 14.0. The molecule has 0 atom stereocenters. The molecule has 8 heteroatoms. The van der Waals surface area contributed by atoms with Gasteiger partial charge in [0.15, 0.2) is 0 Å². The van der Waals surface area contributed by atoms with Gasteiger partial charge in [-0.2, -0.15) is 26.3 Å². The smallest absolute Gasteiger partial charge is 0.381 e. The van der Waals surface area contributed by atoms with Gasteiger partial charge in [-0.15, -0.1) is 0 Å². The van der Waals surface area contributed by atoms with Gasteiger partial charge in [-0.05, 0) is 25.7 Å². The van der Waals surface area contributed by atoms with E-state index in [0.717, 1.165) is 0 Å². The Bertz CT molecular complexity index is 253. The van der Waals surface area contributed by atoms with Crippen molar-refractivity contribution in [2.75, 3.05) is 19.8 Å². The van der Waals surface area contributed by atoms with Gasteiger partial charge in [-0.25, -0.2) is 0 Å². The molecule has 0 aromatic heterocycles. The summed E-state index contributed by atoms with van der Waals surface area (Å²) >= 11 is 0. The van der Waals surface area contributed by atoms with Crippen LogP contribution in [0.4, 0.5) is 26.3 Å². The van der Waals surface area contributed by atoms with Gasteiger partial charge in [-0.1, -0.05) is 0 Å². The molecule has 1 aliphatic rings. The molecule has 0 radical (unpaired) electrons. The Morgan fingerprint density at radius 3 is 1.83 bits per heavy atom. The van der Waals surface area contributed by atoms with Crippen LogP contribution in [0.2, 0.25) is 0 Å². The van der Waals surface area contributed by atoms with Crippen LogP contribution >= 0.6 is 0 Å². The minimum Gasteiger partial charge on any atom is -0.381 e. The molecule has 1 fully saturated rings. The lowest BCUT2D eigenvalue weighted by atomic mass is 10.0. The Hall–Kier alpha value is -0.500. The molecule has 0 aromatic carbocycles. The van der Waals surface area contributed by atoms with Crippen LogP contribution in [0.25, 0.3) is 0 Å². The second kappa shape index (κ2) is 5.24. The van der Waals surface area contributed by atoms with Gasteiger partial charge in [0.05, 0.1) is 6.61 Å². The third-order valence-corrected chi connectivity index (χ3v) is 3.03. The van der Waals surface area contributed by atoms with E-state index in [1.807, 2.05) is 0 Å². The fraction of sp³-hybridized carbons (Fsp3) is 1.00. The van der Waals surface area contributed by atoms with E-state index in [2.05, 4.69) is 4.74 Å². The highest BCUT2D eigenvalue weighted by molar-refractivity contribution is 4.91. The molecule has 1 rings (SSSR count). The van der Waals surface area contributed by atoms with Crippen molar-refractivity contribution in [2.24, 2.45) is 5.92 Å². The lowest BCUT2D eigenvalue weighted by Crippen LogP contribution is -2.57. The molecule has 0 aliphatic carbocycles. The maximum atomic E-state index is 12.5. The van der Waals surface area contributed by atoms with Gasteiger partial charge in [0.2, 0.25) is 0 Å². The number of hydrogen-bond donors (Lipinski definition) is 0. The van der Waals surface area contributed by atoms with E-state index >= 15 is 0 Å². The molecule has 0 saturated carbocycles. The van der Waals surface area contributed by atoms with E-state index < -0.39 is 24.6 Å². The molecule has 2 nitrogen and oxygen atoms in total. The van der Waals surface area contributed by atoms with Gasteiger partial charge in [0.1, 0.15) is 0 Å². The normalized spacial score (nSPS) is 20.2. The van der Waals surface area contributed by atoms with Crippen LogP contribution in [0.5, 0.6) is 0 Å². The van der Waals surface area contributed by atoms with Gasteiger partial charge in [-0.3, -0.25) is 0 Å². The molecule has 0 spiro atoms. The number of halogens is 6. The quantitative estimate of drug-likeness (QED) is 0.738. The fourth-order valence-electron chi connectivity index (χ4n) is 1.52. The first-order chi connectivity index (χ1) is 8.08. The average Bonchev–Trinajstić information content (AvgIpc) is 2.24. The van der Waals surface area contributed by atoms with Gasteiger partial charge >= 0.3 is 12.4 Å². The third-order valence-electron chi connectivity index (χ3n) is 3.03.